The largest absolute Gasteiger partial charge is 0.379 e. The number of nitrogens with one attached hydrogen (secondary N) is 1. The van der Waals surface area contributed by atoms with Crippen molar-refractivity contribution in [1.29, 1.82) is 0 Å². The van der Waals surface area contributed by atoms with Gasteiger partial charge in [-0.05, 0) is 19.4 Å². The summed E-state index contributed by atoms with van der Waals surface area (Å²) >= 11 is 0. The molecule has 0 fully saturated rings. The van der Waals surface area contributed by atoms with Gasteiger partial charge in [0.25, 0.3) is 0 Å². The molecule has 1 rings (SSSR count). The summed E-state index contributed by atoms with van der Waals surface area (Å²) in [4.78, 5) is 0. The van der Waals surface area contributed by atoms with Crippen LogP contribution in [0.1, 0.15) is 38.0 Å². The van der Waals surface area contributed by atoms with E-state index in [9.17, 15) is 0 Å². The second-order valence-electron chi connectivity index (χ2n) is 5.03. The van der Waals surface area contributed by atoms with Crippen LogP contribution in [-0.2, 0) is 9.47 Å². The quantitative estimate of drug-likeness (QED) is 0.696. The summed E-state index contributed by atoms with van der Waals surface area (Å²) in [6, 6.07) is 8.96. The summed E-state index contributed by atoms with van der Waals surface area (Å²) in [6.07, 6.45) is 0.0859. The zero-order valence-corrected chi connectivity index (χ0v) is 12.6. The highest BCUT2D eigenvalue weighted by Crippen LogP contribution is 2.18. The predicted molar refractivity (Wildman–Crippen MR) is 79.5 cm³/mol. The predicted octanol–water partition coefficient (Wildman–Crippen LogP) is 3.09. The Morgan fingerprint density at radius 2 is 2.00 bits per heavy atom. The molecular formula is C16H27NO2. The van der Waals surface area contributed by atoms with Crippen molar-refractivity contribution in [3.05, 3.63) is 35.4 Å². The molecule has 0 saturated heterocycles. The monoisotopic (exact) mass is 265 g/mol. The van der Waals surface area contributed by atoms with Gasteiger partial charge in [-0.2, -0.15) is 0 Å². The topological polar surface area (TPSA) is 30.5 Å². The third-order valence-corrected chi connectivity index (χ3v) is 2.88. The lowest BCUT2D eigenvalue weighted by Crippen LogP contribution is -2.29. The molecule has 1 N–H and O–H groups in total. The molecule has 0 radical (unpaired) electrons. The fourth-order valence-corrected chi connectivity index (χ4v) is 1.88. The maximum absolute atomic E-state index is 5.95. The van der Waals surface area contributed by atoms with Crippen LogP contribution < -0.4 is 5.32 Å². The van der Waals surface area contributed by atoms with E-state index in [0.717, 1.165) is 13.2 Å². The lowest BCUT2D eigenvalue weighted by Gasteiger charge is -2.21. The Bertz CT molecular complexity index is 352. The van der Waals surface area contributed by atoms with Crippen LogP contribution >= 0.6 is 0 Å². The zero-order chi connectivity index (χ0) is 14.1. The Balaban J connectivity index is 2.57. The molecule has 3 heteroatoms. The van der Waals surface area contributed by atoms with E-state index in [0.29, 0.717) is 19.3 Å². The second kappa shape index (κ2) is 9.08. The van der Waals surface area contributed by atoms with Crippen molar-refractivity contribution < 1.29 is 9.47 Å². The van der Waals surface area contributed by atoms with E-state index in [4.69, 9.17) is 9.47 Å². The van der Waals surface area contributed by atoms with Crippen molar-refractivity contribution in [3.63, 3.8) is 0 Å². The number of ether oxygens (including phenoxy) is 2. The van der Waals surface area contributed by atoms with Gasteiger partial charge in [0, 0.05) is 19.2 Å². The number of hydrogen-bond acceptors (Lipinski definition) is 3. The van der Waals surface area contributed by atoms with E-state index >= 15 is 0 Å². The van der Waals surface area contributed by atoms with Crippen LogP contribution in [0.3, 0.4) is 0 Å². The van der Waals surface area contributed by atoms with E-state index in [2.05, 4.69) is 50.4 Å². The molecule has 0 aliphatic heterocycles. The van der Waals surface area contributed by atoms with E-state index in [1.807, 2.05) is 6.92 Å². The van der Waals surface area contributed by atoms with Gasteiger partial charge in [0.15, 0.2) is 0 Å². The normalized spacial score (nSPS) is 12.9. The van der Waals surface area contributed by atoms with Gasteiger partial charge in [0.1, 0.15) is 0 Å². The van der Waals surface area contributed by atoms with Crippen molar-refractivity contribution in [3.8, 4) is 0 Å². The second-order valence-corrected chi connectivity index (χ2v) is 5.03. The highest BCUT2D eigenvalue weighted by atomic mass is 16.5. The molecule has 0 bridgehead atoms. The Hall–Kier alpha value is -0.900. The number of hydrogen-bond donors (Lipinski definition) is 1. The molecule has 0 heterocycles. The third-order valence-electron chi connectivity index (χ3n) is 2.88. The molecule has 1 atom stereocenters. The highest BCUT2D eigenvalue weighted by molar-refractivity contribution is 5.24. The molecule has 1 aromatic rings. The number of benzene rings is 1. The Morgan fingerprint density at radius 1 is 1.21 bits per heavy atom. The Labute approximate surface area is 117 Å². The summed E-state index contributed by atoms with van der Waals surface area (Å²) in [5.41, 5.74) is 2.49. The Kier molecular flexibility index (Phi) is 7.72. The molecule has 3 nitrogen and oxygen atoms in total. The molecule has 108 valence electrons. The van der Waals surface area contributed by atoms with Crippen LogP contribution in [0.5, 0.6) is 0 Å². The van der Waals surface area contributed by atoms with Crippen molar-refractivity contribution in [2.24, 2.45) is 0 Å². The van der Waals surface area contributed by atoms with Gasteiger partial charge in [0.05, 0.1) is 19.3 Å². The molecule has 1 unspecified atom stereocenters. The fourth-order valence-electron chi connectivity index (χ4n) is 1.88. The summed E-state index contributed by atoms with van der Waals surface area (Å²) in [7, 11) is 0. The van der Waals surface area contributed by atoms with Gasteiger partial charge >= 0.3 is 0 Å². The van der Waals surface area contributed by atoms with Crippen LogP contribution in [0, 0.1) is 6.92 Å². The van der Waals surface area contributed by atoms with Gasteiger partial charge in [-0.15, -0.1) is 0 Å². The number of rotatable bonds is 9. The molecule has 0 amide bonds. The molecule has 0 spiro atoms. The summed E-state index contributed by atoms with van der Waals surface area (Å²) in [5.74, 6) is 0. The molecule has 19 heavy (non-hydrogen) atoms. The fraction of sp³-hybridized carbons (Fsp3) is 0.625. The first kappa shape index (κ1) is 16.2. The lowest BCUT2D eigenvalue weighted by atomic mass is 10.1. The van der Waals surface area contributed by atoms with Gasteiger partial charge in [-0.3, -0.25) is 0 Å². The van der Waals surface area contributed by atoms with E-state index in [-0.39, 0.29) is 6.10 Å². The maximum Gasteiger partial charge on any atom is 0.0950 e. The van der Waals surface area contributed by atoms with Crippen LogP contribution in [0.25, 0.3) is 0 Å². The van der Waals surface area contributed by atoms with Gasteiger partial charge in [0.2, 0.25) is 0 Å². The zero-order valence-electron chi connectivity index (χ0n) is 12.6. The molecule has 1 aromatic carbocycles. The minimum absolute atomic E-state index is 0.0859. The number of aryl methyl sites for hydroxylation is 1. The van der Waals surface area contributed by atoms with E-state index < -0.39 is 0 Å². The van der Waals surface area contributed by atoms with Crippen molar-refractivity contribution in [2.75, 3.05) is 26.4 Å². The highest BCUT2D eigenvalue weighted by Gasteiger charge is 2.12. The summed E-state index contributed by atoms with van der Waals surface area (Å²) < 4.78 is 11.3. The minimum Gasteiger partial charge on any atom is -0.379 e. The molecule has 0 aromatic heterocycles. The average Bonchev–Trinajstić information content (AvgIpc) is 2.37. The van der Waals surface area contributed by atoms with E-state index in [1.165, 1.54) is 11.1 Å². The standard InChI is InChI=1S/C16H27NO2/c1-5-18-9-10-19-16(12-17-13(2)3)15-8-6-7-14(4)11-15/h6-8,11,13,16-17H,5,9-10,12H2,1-4H3. The smallest absolute Gasteiger partial charge is 0.0950 e. The Morgan fingerprint density at radius 3 is 2.63 bits per heavy atom. The average molecular weight is 265 g/mol. The SMILES string of the molecule is CCOCCOC(CNC(C)C)c1cccc(C)c1. The van der Waals surface area contributed by atoms with Crippen LogP contribution in [0.15, 0.2) is 24.3 Å². The van der Waals surface area contributed by atoms with Crippen molar-refractivity contribution >= 4 is 0 Å². The maximum atomic E-state index is 5.95. The minimum atomic E-state index is 0.0859. The van der Waals surface area contributed by atoms with Gasteiger partial charge in [-0.25, -0.2) is 0 Å². The first-order valence-electron chi connectivity index (χ1n) is 7.12. The van der Waals surface area contributed by atoms with Crippen LogP contribution in [-0.4, -0.2) is 32.4 Å². The van der Waals surface area contributed by atoms with Gasteiger partial charge in [-0.1, -0.05) is 43.7 Å². The van der Waals surface area contributed by atoms with Crippen LogP contribution in [0.4, 0.5) is 0 Å². The van der Waals surface area contributed by atoms with Gasteiger partial charge < -0.3 is 14.8 Å². The lowest BCUT2D eigenvalue weighted by molar-refractivity contribution is 0.00615. The van der Waals surface area contributed by atoms with E-state index in [1.54, 1.807) is 0 Å². The van der Waals surface area contributed by atoms with Crippen molar-refractivity contribution in [1.82, 2.24) is 5.32 Å². The van der Waals surface area contributed by atoms with Crippen molar-refractivity contribution in [2.45, 2.75) is 39.8 Å². The molecule has 0 aliphatic carbocycles. The summed E-state index contributed by atoms with van der Waals surface area (Å²) in [5, 5.41) is 3.44. The molecule has 0 aliphatic rings. The summed E-state index contributed by atoms with van der Waals surface area (Å²) in [6.45, 7) is 11.2. The molecular weight excluding hydrogens is 238 g/mol. The van der Waals surface area contributed by atoms with Crippen LogP contribution in [0.2, 0.25) is 0 Å². The molecule has 0 saturated carbocycles. The first-order valence-corrected chi connectivity index (χ1v) is 7.12. The third kappa shape index (κ3) is 6.71. The first-order chi connectivity index (χ1) is 9.13.